The van der Waals surface area contributed by atoms with E-state index in [1.165, 1.54) is 16.2 Å². The first-order valence-electron chi connectivity index (χ1n) is 10.9. The highest BCUT2D eigenvalue weighted by molar-refractivity contribution is 6.14. The van der Waals surface area contributed by atoms with Crippen LogP contribution in [0.1, 0.15) is 60.9 Å². The van der Waals surface area contributed by atoms with E-state index in [-0.39, 0.29) is 24.0 Å². The Kier molecular flexibility index (Phi) is 5.16. The van der Waals surface area contributed by atoms with Gasteiger partial charge in [-0.15, -0.1) is 0 Å². The van der Waals surface area contributed by atoms with Gasteiger partial charge in [-0.1, -0.05) is 36.8 Å². The molecule has 2 aliphatic rings. The summed E-state index contributed by atoms with van der Waals surface area (Å²) in [6.07, 6.45) is 2.88. The van der Waals surface area contributed by atoms with Gasteiger partial charge < -0.3 is 10.2 Å². The van der Waals surface area contributed by atoms with E-state index in [1.807, 2.05) is 37.3 Å². The Balaban J connectivity index is 1.63. The lowest BCUT2D eigenvalue weighted by molar-refractivity contribution is -0.123. The molecule has 2 aliphatic heterocycles. The van der Waals surface area contributed by atoms with Crippen molar-refractivity contribution in [2.75, 3.05) is 11.9 Å². The van der Waals surface area contributed by atoms with Gasteiger partial charge in [-0.05, 0) is 80.5 Å². The number of anilines is 1. The third kappa shape index (κ3) is 3.85. The quantitative estimate of drug-likeness (QED) is 0.557. The topological polar surface area (TPSA) is 52.7 Å². The first-order chi connectivity index (χ1) is 14.6. The third-order valence-electron chi connectivity index (χ3n) is 6.74. The number of amides is 3. The Hall–Kier alpha value is -3.08. The standard InChI is InChI=1S/C26H31N3O2/c1-16-7-9-19(10-8-16)15-29-24(30)22(27-25(29)31)13-20-12-21-18(3)14-26(4,5)28(6)23(21)11-17(20)2/h7-13,18H,14-15H2,1-6H3,(H,27,31)/b22-13+. The molecule has 1 unspecified atom stereocenters. The third-order valence-corrected chi connectivity index (χ3v) is 6.74. The summed E-state index contributed by atoms with van der Waals surface area (Å²) in [5.41, 5.74) is 7.09. The van der Waals surface area contributed by atoms with Crippen molar-refractivity contribution < 1.29 is 9.59 Å². The first kappa shape index (κ1) is 21.2. The fourth-order valence-corrected chi connectivity index (χ4v) is 4.64. The summed E-state index contributed by atoms with van der Waals surface area (Å²) in [7, 11) is 2.14. The maximum absolute atomic E-state index is 13.0. The normalized spacial score (nSPS) is 21.5. The maximum Gasteiger partial charge on any atom is 0.329 e. The van der Waals surface area contributed by atoms with Crippen LogP contribution in [0.15, 0.2) is 42.1 Å². The molecule has 5 heteroatoms. The molecule has 2 aromatic rings. The zero-order valence-electron chi connectivity index (χ0n) is 19.2. The van der Waals surface area contributed by atoms with Crippen molar-refractivity contribution >= 4 is 23.7 Å². The molecular weight excluding hydrogens is 386 g/mol. The zero-order valence-corrected chi connectivity index (χ0v) is 19.2. The average Bonchev–Trinajstić information content (AvgIpc) is 2.96. The van der Waals surface area contributed by atoms with Gasteiger partial charge in [-0.3, -0.25) is 9.69 Å². The maximum atomic E-state index is 13.0. The van der Waals surface area contributed by atoms with Crippen LogP contribution in [-0.4, -0.2) is 29.4 Å². The van der Waals surface area contributed by atoms with Gasteiger partial charge in [-0.25, -0.2) is 4.79 Å². The largest absolute Gasteiger partial charge is 0.369 e. The molecule has 0 aromatic heterocycles. The van der Waals surface area contributed by atoms with E-state index in [4.69, 9.17) is 0 Å². The molecule has 2 heterocycles. The molecule has 5 nitrogen and oxygen atoms in total. The summed E-state index contributed by atoms with van der Waals surface area (Å²) in [5.74, 6) is 0.139. The van der Waals surface area contributed by atoms with Crippen molar-refractivity contribution in [3.63, 3.8) is 0 Å². The predicted molar refractivity (Wildman–Crippen MR) is 125 cm³/mol. The van der Waals surface area contributed by atoms with Gasteiger partial charge in [0, 0.05) is 18.3 Å². The number of hydrogen-bond acceptors (Lipinski definition) is 3. The van der Waals surface area contributed by atoms with Crippen molar-refractivity contribution in [2.24, 2.45) is 0 Å². The smallest absolute Gasteiger partial charge is 0.329 e. The lowest BCUT2D eigenvalue weighted by atomic mass is 9.79. The summed E-state index contributed by atoms with van der Waals surface area (Å²) >= 11 is 0. The fourth-order valence-electron chi connectivity index (χ4n) is 4.64. The number of nitrogens with zero attached hydrogens (tertiary/aromatic N) is 2. The summed E-state index contributed by atoms with van der Waals surface area (Å²) in [6.45, 7) is 11.1. The molecule has 162 valence electrons. The van der Waals surface area contributed by atoms with Gasteiger partial charge in [0.15, 0.2) is 0 Å². The minimum atomic E-state index is -0.373. The summed E-state index contributed by atoms with van der Waals surface area (Å²) in [5, 5.41) is 2.76. The second-order valence-corrected chi connectivity index (χ2v) is 9.61. The summed E-state index contributed by atoms with van der Waals surface area (Å²) in [6, 6.07) is 11.9. The fraction of sp³-hybridized carbons (Fsp3) is 0.385. The summed E-state index contributed by atoms with van der Waals surface area (Å²) < 4.78 is 0. The van der Waals surface area contributed by atoms with E-state index in [9.17, 15) is 9.59 Å². The second kappa shape index (κ2) is 7.56. The average molecular weight is 418 g/mol. The molecule has 31 heavy (non-hydrogen) atoms. The van der Waals surface area contributed by atoms with Crippen molar-refractivity contribution in [3.8, 4) is 0 Å². The number of urea groups is 1. The van der Waals surface area contributed by atoms with Crippen molar-refractivity contribution in [2.45, 2.75) is 59.0 Å². The molecule has 4 rings (SSSR count). The number of nitrogens with one attached hydrogen (secondary N) is 1. The molecule has 1 N–H and O–H groups in total. The van der Waals surface area contributed by atoms with Crippen LogP contribution in [0.4, 0.5) is 10.5 Å². The number of fused-ring (bicyclic) bond motifs is 1. The Morgan fingerprint density at radius 3 is 2.48 bits per heavy atom. The van der Waals surface area contributed by atoms with E-state index in [0.717, 1.165) is 28.7 Å². The van der Waals surface area contributed by atoms with Crippen LogP contribution in [0, 0.1) is 13.8 Å². The molecule has 2 aromatic carbocycles. The van der Waals surface area contributed by atoms with Gasteiger partial charge in [-0.2, -0.15) is 0 Å². The lowest BCUT2D eigenvalue weighted by Gasteiger charge is -2.45. The van der Waals surface area contributed by atoms with Gasteiger partial charge >= 0.3 is 6.03 Å². The van der Waals surface area contributed by atoms with Crippen LogP contribution >= 0.6 is 0 Å². The van der Waals surface area contributed by atoms with Crippen LogP contribution in [0.25, 0.3) is 6.08 Å². The molecule has 0 spiro atoms. The minimum absolute atomic E-state index is 0.102. The van der Waals surface area contributed by atoms with Gasteiger partial charge in [0.25, 0.3) is 5.91 Å². The first-order valence-corrected chi connectivity index (χ1v) is 10.9. The number of aryl methyl sites for hydroxylation is 2. The summed E-state index contributed by atoms with van der Waals surface area (Å²) in [4.78, 5) is 29.1. The van der Waals surface area contributed by atoms with Crippen molar-refractivity contribution in [1.29, 1.82) is 0 Å². The van der Waals surface area contributed by atoms with Crippen LogP contribution in [0.3, 0.4) is 0 Å². The SMILES string of the molecule is Cc1ccc(CN2C(=O)N/C(=C/c3cc4c(cc3C)N(C)C(C)(C)CC4C)C2=O)cc1. The molecule has 0 aliphatic carbocycles. The predicted octanol–water partition coefficient (Wildman–Crippen LogP) is 5.12. The van der Waals surface area contributed by atoms with Crippen molar-refractivity contribution in [3.05, 3.63) is 69.9 Å². The van der Waals surface area contributed by atoms with Crippen LogP contribution in [0.2, 0.25) is 0 Å². The van der Waals surface area contributed by atoms with E-state index < -0.39 is 0 Å². The van der Waals surface area contributed by atoms with Crippen LogP contribution < -0.4 is 10.2 Å². The second-order valence-electron chi connectivity index (χ2n) is 9.61. The van der Waals surface area contributed by atoms with E-state index >= 15 is 0 Å². The number of imide groups is 1. The molecule has 1 saturated heterocycles. The van der Waals surface area contributed by atoms with Crippen molar-refractivity contribution in [1.82, 2.24) is 10.2 Å². The molecule has 0 radical (unpaired) electrons. The monoisotopic (exact) mass is 417 g/mol. The van der Waals surface area contributed by atoms with Crippen LogP contribution in [-0.2, 0) is 11.3 Å². The highest BCUT2D eigenvalue weighted by Crippen LogP contribution is 2.43. The molecule has 0 bridgehead atoms. The van der Waals surface area contributed by atoms with E-state index in [1.54, 1.807) is 0 Å². The Labute approximate surface area is 184 Å². The van der Waals surface area contributed by atoms with Crippen LogP contribution in [0.5, 0.6) is 0 Å². The molecule has 1 atom stereocenters. The molecule has 1 fully saturated rings. The highest BCUT2D eigenvalue weighted by Gasteiger charge is 2.36. The molecule has 0 saturated carbocycles. The number of rotatable bonds is 3. The number of carbonyl (C=O) groups excluding carboxylic acids is 2. The molecule has 3 amide bonds. The van der Waals surface area contributed by atoms with Gasteiger partial charge in [0.1, 0.15) is 5.70 Å². The number of benzene rings is 2. The Morgan fingerprint density at radius 1 is 1.13 bits per heavy atom. The van der Waals surface area contributed by atoms with Gasteiger partial charge in [0.2, 0.25) is 0 Å². The minimum Gasteiger partial charge on any atom is -0.369 e. The Bertz CT molecular complexity index is 1080. The van der Waals surface area contributed by atoms with Gasteiger partial charge in [0.05, 0.1) is 6.54 Å². The number of hydrogen-bond donors (Lipinski definition) is 1. The Morgan fingerprint density at radius 2 is 1.81 bits per heavy atom. The number of carbonyl (C=O) groups is 2. The highest BCUT2D eigenvalue weighted by atomic mass is 16.2. The lowest BCUT2D eigenvalue weighted by Crippen LogP contribution is -2.45. The molecular formula is C26H31N3O2. The van der Waals surface area contributed by atoms with E-state index in [0.29, 0.717) is 11.6 Å². The van der Waals surface area contributed by atoms with E-state index in [2.05, 4.69) is 57.1 Å². The zero-order chi connectivity index (χ0) is 22.5.